The Morgan fingerprint density at radius 2 is 2.06 bits per heavy atom. The quantitative estimate of drug-likeness (QED) is 0.846. The van der Waals surface area contributed by atoms with Gasteiger partial charge >= 0.3 is 0 Å². The first-order valence-corrected chi connectivity index (χ1v) is 7.33. The van der Waals surface area contributed by atoms with Crippen LogP contribution in [-0.2, 0) is 21.3 Å². The largest absolute Gasteiger partial charge is 0.379 e. The van der Waals surface area contributed by atoms with E-state index in [1.807, 2.05) is 6.07 Å². The van der Waals surface area contributed by atoms with Crippen molar-refractivity contribution in [2.24, 2.45) is 5.14 Å². The van der Waals surface area contributed by atoms with Gasteiger partial charge in [0.2, 0.25) is 10.0 Å². The molecule has 1 saturated heterocycles. The first-order chi connectivity index (χ1) is 7.55. The topological polar surface area (TPSA) is 72.6 Å². The molecule has 0 spiro atoms. The first kappa shape index (κ1) is 12.0. The summed E-state index contributed by atoms with van der Waals surface area (Å²) < 4.78 is 27.7. The standard InChI is InChI=1S/C9H14N2O3S2/c10-16(12,13)9-2-1-8(15-9)7-11-3-5-14-6-4-11/h1-2H,3-7H2,(H2,10,12,13). The molecule has 0 radical (unpaired) electrons. The maximum atomic E-state index is 11.1. The van der Waals surface area contributed by atoms with Crippen molar-refractivity contribution < 1.29 is 13.2 Å². The van der Waals surface area contributed by atoms with Crippen molar-refractivity contribution in [2.75, 3.05) is 26.3 Å². The third-order valence-electron chi connectivity index (χ3n) is 2.40. The lowest BCUT2D eigenvalue weighted by Gasteiger charge is -2.25. The van der Waals surface area contributed by atoms with E-state index in [0.29, 0.717) is 0 Å². The van der Waals surface area contributed by atoms with E-state index in [1.54, 1.807) is 6.07 Å². The highest BCUT2D eigenvalue weighted by molar-refractivity contribution is 7.91. The fraction of sp³-hybridized carbons (Fsp3) is 0.556. The van der Waals surface area contributed by atoms with Crippen LogP contribution >= 0.6 is 11.3 Å². The molecule has 1 aliphatic rings. The normalized spacial score (nSPS) is 18.8. The average molecular weight is 262 g/mol. The number of sulfonamides is 1. The van der Waals surface area contributed by atoms with Crippen LogP contribution in [0.25, 0.3) is 0 Å². The molecule has 0 amide bonds. The van der Waals surface area contributed by atoms with E-state index in [-0.39, 0.29) is 4.21 Å². The molecule has 1 aromatic heterocycles. The molecule has 90 valence electrons. The lowest BCUT2D eigenvalue weighted by Crippen LogP contribution is -2.35. The molecule has 16 heavy (non-hydrogen) atoms. The molecule has 0 saturated carbocycles. The number of nitrogens with zero attached hydrogens (tertiary/aromatic N) is 1. The number of primary sulfonamides is 1. The number of hydrogen-bond donors (Lipinski definition) is 1. The van der Waals surface area contributed by atoms with Crippen LogP contribution in [0.5, 0.6) is 0 Å². The van der Waals surface area contributed by atoms with Crippen LogP contribution in [0.1, 0.15) is 4.88 Å². The number of ether oxygens (including phenoxy) is 1. The SMILES string of the molecule is NS(=O)(=O)c1ccc(CN2CCOCC2)s1. The van der Waals surface area contributed by atoms with Crippen LogP contribution in [0.2, 0.25) is 0 Å². The van der Waals surface area contributed by atoms with Crippen LogP contribution in [0.15, 0.2) is 16.3 Å². The molecule has 2 heterocycles. The number of nitrogens with two attached hydrogens (primary N) is 1. The third kappa shape index (κ3) is 3.02. The predicted octanol–water partition coefficient (Wildman–Crippen LogP) is 0.228. The zero-order chi connectivity index (χ0) is 11.6. The second-order valence-electron chi connectivity index (χ2n) is 3.65. The molecule has 1 aromatic rings. The molecule has 2 N–H and O–H groups in total. The molecular weight excluding hydrogens is 248 g/mol. The summed E-state index contributed by atoms with van der Waals surface area (Å²) >= 11 is 1.24. The molecule has 7 heteroatoms. The van der Waals surface area contributed by atoms with E-state index in [9.17, 15) is 8.42 Å². The minimum absolute atomic E-state index is 0.232. The highest BCUT2D eigenvalue weighted by Gasteiger charge is 2.15. The van der Waals surface area contributed by atoms with Crippen LogP contribution in [0.4, 0.5) is 0 Å². The molecular formula is C9H14N2O3S2. The van der Waals surface area contributed by atoms with Crippen molar-refractivity contribution in [1.82, 2.24) is 4.90 Å². The second kappa shape index (κ2) is 4.80. The van der Waals surface area contributed by atoms with Crippen LogP contribution in [0.3, 0.4) is 0 Å². The summed E-state index contributed by atoms with van der Waals surface area (Å²) in [6.07, 6.45) is 0. The molecule has 5 nitrogen and oxygen atoms in total. The van der Waals surface area contributed by atoms with Crippen molar-refractivity contribution in [3.8, 4) is 0 Å². The third-order valence-corrected chi connectivity index (χ3v) is 4.91. The molecule has 0 unspecified atom stereocenters. The zero-order valence-electron chi connectivity index (χ0n) is 8.76. The van der Waals surface area contributed by atoms with Gasteiger partial charge in [-0.05, 0) is 12.1 Å². The predicted molar refractivity (Wildman–Crippen MR) is 61.8 cm³/mol. The highest BCUT2D eigenvalue weighted by atomic mass is 32.2. The Hall–Kier alpha value is -0.470. The minimum atomic E-state index is -3.55. The van der Waals surface area contributed by atoms with E-state index >= 15 is 0 Å². The molecule has 0 aromatic carbocycles. The lowest BCUT2D eigenvalue weighted by atomic mass is 10.4. The maximum absolute atomic E-state index is 11.1. The fourth-order valence-electron chi connectivity index (χ4n) is 1.58. The minimum Gasteiger partial charge on any atom is -0.379 e. The van der Waals surface area contributed by atoms with Crippen molar-refractivity contribution in [1.29, 1.82) is 0 Å². The first-order valence-electron chi connectivity index (χ1n) is 4.97. The van der Waals surface area contributed by atoms with Crippen LogP contribution < -0.4 is 5.14 Å². The summed E-state index contributed by atoms with van der Waals surface area (Å²) in [7, 11) is -3.55. The Balaban J connectivity index is 2.02. The number of hydrogen-bond acceptors (Lipinski definition) is 5. The monoisotopic (exact) mass is 262 g/mol. The number of rotatable bonds is 3. The molecule has 0 atom stereocenters. The fourth-order valence-corrected chi connectivity index (χ4v) is 3.40. The molecule has 2 rings (SSSR count). The second-order valence-corrected chi connectivity index (χ2v) is 6.61. The Bertz CT molecular complexity index is 449. The Labute approximate surface area is 98.9 Å². The Kier molecular flexibility index (Phi) is 3.60. The summed E-state index contributed by atoms with van der Waals surface area (Å²) in [5, 5.41) is 5.05. The van der Waals surface area contributed by atoms with Crippen molar-refractivity contribution >= 4 is 21.4 Å². The van der Waals surface area contributed by atoms with Gasteiger partial charge in [0, 0.05) is 24.5 Å². The summed E-state index contributed by atoms with van der Waals surface area (Å²) in [6.45, 7) is 4.04. The van der Waals surface area contributed by atoms with Gasteiger partial charge in [-0.25, -0.2) is 13.6 Å². The van der Waals surface area contributed by atoms with Gasteiger partial charge < -0.3 is 4.74 Å². The van der Waals surface area contributed by atoms with E-state index in [2.05, 4.69) is 4.90 Å². The van der Waals surface area contributed by atoms with Gasteiger partial charge in [0.1, 0.15) is 4.21 Å². The van der Waals surface area contributed by atoms with Gasteiger partial charge in [0.05, 0.1) is 13.2 Å². The van der Waals surface area contributed by atoms with Gasteiger partial charge in [0.25, 0.3) is 0 Å². The average Bonchev–Trinajstić information content (AvgIpc) is 2.67. The maximum Gasteiger partial charge on any atom is 0.247 e. The number of thiophene rings is 1. The number of morpholine rings is 1. The zero-order valence-corrected chi connectivity index (χ0v) is 10.4. The van der Waals surface area contributed by atoms with Crippen molar-refractivity contribution in [2.45, 2.75) is 10.8 Å². The smallest absolute Gasteiger partial charge is 0.247 e. The summed E-state index contributed by atoms with van der Waals surface area (Å²) in [6, 6.07) is 3.38. The van der Waals surface area contributed by atoms with Gasteiger partial charge in [-0.15, -0.1) is 11.3 Å². The van der Waals surface area contributed by atoms with Gasteiger partial charge in [-0.1, -0.05) is 0 Å². The van der Waals surface area contributed by atoms with Gasteiger partial charge in [0.15, 0.2) is 0 Å². The van der Waals surface area contributed by atoms with Gasteiger partial charge in [-0.2, -0.15) is 0 Å². The van der Waals surface area contributed by atoms with E-state index in [0.717, 1.165) is 37.7 Å². The van der Waals surface area contributed by atoms with Crippen molar-refractivity contribution in [3.05, 3.63) is 17.0 Å². The van der Waals surface area contributed by atoms with Crippen LogP contribution in [-0.4, -0.2) is 39.6 Å². The van der Waals surface area contributed by atoms with Crippen LogP contribution in [0, 0.1) is 0 Å². The van der Waals surface area contributed by atoms with Gasteiger partial charge in [-0.3, -0.25) is 4.90 Å². The molecule has 1 aliphatic heterocycles. The van der Waals surface area contributed by atoms with E-state index in [1.165, 1.54) is 11.3 Å². The molecule has 1 fully saturated rings. The Morgan fingerprint density at radius 3 is 2.62 bits per heavy atom. The van der Waals surface area contributed by atoms with Crippen molar-refractivity contribution in [3.63, 3.8) is 0 Å². The van der Waals surface area contributed by atoms with E-state index in [4.69, 9.17) is 9.88 Å². The highest BCUT2D eigenvalue weighted by Crippen LogP contribution is 2.21. The summed E-state index contributed by atoms with van der Waals surface area (Å²) in [4.78, 5) is 3.26. The lowest BCUT2D eigenvalue weighted by molar-refractivity contribution is 0.0346. The van der Waals surface area contributed by atoms with E-state index < -0.39 is 10.0 Å². The molecule has 0 aliphatic carbocycles. The Morgan fingerprint density at radius 1 is 1.38 bits per heavy atom. The summed E-state index contributed by atoms with van der Waals surface area (Å²) in [5.74, 6) is 0. The summed E-state index contributed by atoms with van der Waals surface area (Å²) in [5.41, 5.74) is 0. The molecule has 0 bridgehead atoms.